The number of phenols is 1. The van der Waals surface area contributed by atoms with Crippen LogP contribution in [0.25, 0.3) is 0 Å². The standard InChI is InChI=1S/C16H15FN2O2/c1-2-21-16-9-11(7-8-15(16)20)14(10-18)19-13-6-4-3-5-12(13)17/h3-9,14,19-20H,2H2,1H3. The van der Waals surface area contributed by atoms with Gasteiger partial charge in [0.15, 0.2) is 11.5 Å². The third-order valence-corrected chi connectivity index (χ3v) is 2.92. The fourth-order valence-corrected chi connectivity index (χ4v) is 1.91. The van der Waals surface area contributed by atoms with Gasteiger partial charge in [-0.3, -0.25) is 0 Å². The van der Waals surface area contributed by atoms with Crippen LogP contribution >= 0.6 is 0 Å². The number of rotatable bonds is 5. The second-order valence-corrected chi connectivity index (χ2v) is 4.35. The predicted octanol–water partition coefficient (Wildman–Crippen LogP) is 3.61. The molecule has 2 rings (SSSR count). The minimum Gasteiger partial charge on any atom is -0.504 e. The van der Waals surface area contributed by atoms with Crippen LogP contribution in [0, 0.1) is 17.1 Å². The van der Waals surface area contributed by atoms with Gasteiger partial charge < -0.3 is 15.2 Å². The van der Waals surface area contributed by atoms with Gasteiger partial charge in [-0.25, -0.2) is 4.39 Å². The van der Waals surface area contributed by atoms with Crippen molar-refractivity contribution in [2.75, 3.05) is 11.9 Å². The Morgan fingerprint density at radius 2 is 2.10 bits per heavy atom. The van der Waals surface area contributed by atoms with E-state index in [9.17, 15) is 14.8 Å². The van der Waals surface area contributed by atoms with Gasteiger partial charge in [0.25, 0.3) is 0 Å². The highest BCUT2D eigenvalue weighted by Gasteiger charge is 2.14. The summed E-state index contributed by atoms with van der Waals surface area (Å²) in [6, 6.07) is 12.1. The van der Waals surface area contributed by atoms with Crippen LogP contribution in [-0.2, 0) is 0 Å². The van der Waals surface area contributed by atoms with Gasteiger partial charge in [0.1, 0.15) is 11.9 Å². The molecule has 0 radical (unpaired) electrons. The van der Waals surface area contributed by atoms with E-state index in [1.165, 1.54) is 12.1 Å². The lowest BCUT2D eigenvalue weighted by Gasteiger charge is -2.15. The fourth-order valence-electron chi connectivity index (χ4n) is 1.91. The number of nitrogens with zero attached hydrogens (tertiary/aromatic N) is 1. The Morgan fingerprint density at radius 3 is 2.76 bits per heavy atom. The molecular weight excluding hydrogens is 271 g/mol. The number of nitriles is 1. The maximum Gasteiger partial charge on any atom is 0.161 e. The van der Waals surface area contributed by atoms with Crippen molar-refractivity contribution in [2.45, 2.75) is 13.0 Å². The van der Waals surface area contributed by atoms with Gasteiger partial charge in [0.2, 0.25) is 0 Å². The lowest BCUT2D eigenvalue weighted by Crippen LogP contribution is -2.10. The molecule has 1 unspecified atom stereocenters. The number of nitrogens with one attached hydrogen (secondary N) is 1. The van der Waals surface area contributed by atoms with Crippen molar-refractivity contribution >= 4 is 5.69 Å². The maximum atomic E-state index is 13.6. The average molecular weight is 286 g/mol. The van der Waals surface area contributed by atoms with E-state index in [0.29, 0.717) is 17.9 Å². The molecule has 0 aromatic heterocycles. The van der Waals surface area contributed by atoms with Crippen LogP contribution in [-0.4, -0.2) is 11.7 Å². The summed E-state index contributed by atoms with van der Waals surface area (Å²) in [5.41, 5.74) is 0.831. The normalized spacial score (nSPS) is 11.5. The Hall–Kier alpha value is -2.74. The summed E-state index contributed by atoms with van der Waals surface area (Å²) < 4.78 is 18.9. The number of para-hydroxylation sites is 1. The van der Waals surface area contributed by atoms with E-state index >= 15 is 0 Å². The van der Waals surface area contributed by atoms with Gasteiger partial charge in [0.05, 0.1) is 18.4 Å². The molecule has 4 nitrogen and oxygen atoms in total. The Kier molecular flexibility index (Phi) is 4.62. The highest BCUT2D eigenvalue weighted by Crippen LogP contribution is 2.30. The zero-order valence-electron chi connectivity index (χ0n) is 11.5. The van der Waals surface area contributed by atoms with Crippen LogP contribution in [0.4, 0.5) is 10.1 Å². The molecule has 0 aliphatic rings. The van der Waals surface area contributed by atoms with Crippen molar-refractivity contribution in [3.63, 3.8) is 0 Å². The summed E-state index contributed by atoms with van der Waals surface area (Å²) in [5.74, 6) is -0.129. The number of hydrogen-bond acceptors (Lipinski definition) is 4. The maximum absolute atomic E-state index is 13.6. The predicted molar refractivity (Wildman–Crippen MR) is 77.7 cm³/mol. The van der Waals surface area contributed by atoms with Crippen LogP contribution in [0.3, 0.4) is 0 Å². The molecule has 0 aliphatic heterocycles. The van der Waals surface area contributed by atoms with Gasteiger partial charge in [-0.2, -0.15) is 5.26 Å². The summed E-state index contributed by atoms with van der Waals surface area (Å²) in [6.07, 6.45) is 0. The average Bonchev–Trinajstić information content (AvgIpc) is 2.49. The van der Waals surface area contributed by atoms with Crippen molar-refractivity contribution in [2.24, 2.45) is 0 Å². The highest BCUT2D eigenvalue weighted by molar-refractivity contribution is 5.51. The lowest BCUT2D eigenvalue weighted by molar-refractivity contribution is 0.317. The molecule has 5 heteroatoms. The van der Waals surface area contributed by atoms with E-state index < -0.39 is 11.9 Å². The zero-order valence-corrected chi connectivity index (χ0v) is 11.5. The van der Waals surface area contributed by atoms with Crippen molar-refractivity contribution in [3.05, 3.63) is 53.8 Å². The minimum atomic E-state index is -0.748. The third kappa shape index (κ3) is 3.42. The monoisotopic (exact) mass is 286 g/mol. The molecule has 2 aromatic carbocycles. The third-order valence-electron chi connectivity index (χ3n) is 2.92. The van der Waals surface area contributed by atoms with E-state index in [4.69, 9.17) is 4.74 Å². The Morgan fingerprint density at radius 1 is 1.33 bits per heavy atom. The van der Waals surface area contributed by atoms with E-state index in [0.717, 1.165) is 0 Å². The number of ether oxygens (including phenoxy) is 1. The van der Waals surface area contributed by atoms with Gasteiger partial charge in [-0.15, -0.1) is 0 Å². The molecule has 21 heavy (non-hydrogen) atoms. The van der Waals surface area contributed by atoms with E-state index in [-0.39, 0.29) is 11.4 Å². The van der Waals surface area contributed by atoms with Crippen LogP contribution in [0.2, 0.25) is 0 Å². The second-order valence-electron chi connectivity index (χ2n) is 4.35. The quantitative estimate of drug-likeness (QED) is 0.881. The van der Waals surface area contributed by atoms with E-state index in [1.807, 2.05) is 0 Å². The summed E-state index contributed by atoms with van der Waals surface area (Å²) in [6.45, 7) is 2.19. The van der Waals surface area contributed by atoms with Crippen LogP contribution in [0.15, 0.2) is 42.5 Å². The molecule has 2 aromatic rings. The number of halogens is 1. The topological polar surface area (TPSA) is 65.3 Å². The van der Waals surface area contributed by atoms with Crippen molar-refractivity contribution in [1.82, 2.24) is 0 Å². The lowest BCUT2D eigenvalue weighted by atomic mass is 10.1. The first-order chi connectivity index (χ1) is 10.2. The first-order valence-corrected chi connectivity index (χ1v) is 6.52. The van der Waals surface area contributed by atoms with Crippen molar-refractivity contribution < 1.29 is 14.2 Å². The SMILES string of the molecule is CCOc1cc(C(C#N)Nc2ccccc2F)ccc1O. The van der Waals surface area contributed by atoms with Crippen molar-refractivity contribution in [1.29, 1.82) is 5.26 Å². The first-order valence-electron chi connectivity index (χ1n) is 6.52. The highest BCUT2D eigenvalue weighted by atomic mass is 19.1. The Labute approximate surface area is 122 Å². The van der Waals surface area contributed by atoms with Crippen LogP contribution in [0.5, 0.6) is 11.5 Å². The molecule has 0 saturated carbocycles. The van der Waals surface area contributed by atoms with Gasteiger partial charge >= 0.3 is 0 Å². The number of hydrogen-bond donors (Lipinski definition) is 2. The summed E-state index contributed by atoms with van der Waals surface area (Å²) in [7, 11) is 0. The first kappa shape index (κ1) is 14.7. The summed E-state index contributed by atoms with van der Waals surface area (Å²) in [4.78, 5) is 0. The number of benzene rings is 2. The number of phenolic OH excluding ortho intramolecular Hbond substituents is 1. The van der Waals surface area contributed by atoms with E-state index in [2.05, 4.69) is 11.4 Å². The van der Waals surface area contributed by atoms with Crippen LogP contribution in [0.1, 0.15) is 18.5 Å². The second kappa shape index (κ2) is 6.62. The Bertz CT molecular complexity index is 668. The van der Waals surface area contributed by atoms with Crippen molar-refractivity contribution in [3.8, 4) is 17.6 Å². The summed E-state index contributed by atoms with van der Waals surface area (Å²) >= 11 is 0. The molecule has 108 valence electrons. The molecule has 0 amide bonds. The molecule has 2 N–H and O–H groups in total. The Balaban J connectivity index is 2.28. The number of aromatic hydroxyl groups is 1. The van der Waals surface area contributed by atoms with E-state index in [1.54, 1.807) is 37.3 Å². The minimum absolute atomic E-state index is 0.00295. The molecule has 0 heterocycles. The smallest absolute Gasteiger partial charge is 0.161 e. The fraction of sp³-hybridized carbons (Fsp3) is 0.188. The molecule has 0 saturated heterocycles. The molecule has 0 aliphatic carbocycles. The van der Waals surface area contributed by atoms with Gasteiger partial charge in [-0.05, 0) is 36.8 Å². The molecule has 0 fully saturated rings. The van der Waals surface area contributed by atoms with Gasteiger partial charge in [-0.1, -0.05) is 18.2 Å². The molecule has 0 bridgehead atoms. The van der Waals surface area contributed by atoms with Gasteiger partial charge in [0, 0.05) is 0 Å². The summed E-state index contributed by atoms with van der Waals surface area (Å²) in [5, 5.41) is 21.8. The molecular formula is C16H15FN2O2. The number of anilines is 1. The largest absolute Gasteiger partial charge is 0.504 e. The molecule has 0 spiro atoms. The zero-order chi connectivity index (χ0) is 15.2. The molecule has 1 atom stereocenters. The van der Waals surface area contributed by atoms with Crippen LogP contribution < -0.4 is 10.1 Å².